The molecule has 0 radical (unpaired) electrons. The highest BCUT2D eigenvalue weighted by Crippen LogP contribution is 2.34. The minimum atomic E-state index is 0.740. The fourth-order valence-electron chi connectivity index (χ4n) is 3.08. The predicted octanol–water partition coefficient (Wildman–Crippen LogP) is 5.23. The van der Waals surface area contributed by atoms with Crippen molar-refractivity contribution >= 4 is 51.4 Å². The Hall–Kier alpha value is -1.74. The summed E-state index contributed by atoms with van der Waals surface area (Å²) in [7, 11) is 3.62. The van der Waals surface area contributed by atoms with Crippen LogP contribution in [0.5, 0.6) is 0 Å². The Kier molecular flexibility index (Phi) is 4.76. The smallest absolute Gasteiger partial charge is 0.00187 e. The molecular weight excluding hydrogens is 314 g/mol. The second kappa shape index (κ2) is 6.79. The van der Waals surface area contributed by atoms with E-state index < -0.39 is 0 Å². The number of hydrogen-bond acceptors (Lipinski definition) is 0. The number of hydrogen-bond donors (Lipinski definition) is 0. The summed E-state index contributed by atoms with van der Waals surface area (Å²) in [6.45, 7) is 10.2. The summed E-state index contributed by atoms with van der Waals surface area (Å²) in [5.41, 5.74) is 4.86. The zero-order chi connectivity index (χ0) is 16.4. The van der Waals surface area contributed by atoms with Crippen molar-refractivity contribution in [3.63, 3.8) is 0 Å². The summed E-state index contributed by atoms with van der Waals surface area (Å²) in [6, 6.07) is 17.3. The second-order valence-electron chi connectivity index (χ2n) is 5.40. The minimum absolute atomic E-state index is 0.740. The highest BCUT2D eigenvalue weighted by molar-refractivity contribution is 7.46. The van der Waals surface area contributed by atoms with E-state index in [9.17, 15) is 0 Å². The lowest BCUT2D eigenvalue weighted by Crippen LogP contribution is -2.09. The molecule has 2 atom stereocenters. The maximum absolute atomic E-state index is 4.05. The highest BCUT2D eigenvalue weighted by Gasteiger charge is 2.15. The summed E-state index contributed by atoms with van der Waals surface area (Å²) in [5.74, 6) is 0. The Balaban J connectivity index is 2.50. The Morgan fingerprint density at radius 2 is 1.70 bits per heavy atom. The van der Waals surface area contributed by atoms with Crippen molar-refractivity contribution in [2.45, 2.75) is 0 Å². The van der Waals surface area contributed by atoms with Crippen molar-refractivity contribution in [1.82, 2.24) is 0 Å². The van der Waals surface area contributed by atoms with Gasteiger partial charge < -0.3 is 0 Å². The zero-order valence-corrected chi connectivity index (χ0v) is 15.4. The molecule has 2 heteroatoms. The third-order valence-electron chi connectivity index (χ3n) is 4.18. The summed E-state index contributed by atoms with van der Waals surface area (Å²) in [4.78, 5) is 0. The third-order valence-corrected chi connectivity index (χ3v) is 5.62. The highest BCUT2D eigenvalue weighted by atomic mass is 31.1. The van der Waals surface area contributed by atoms with Gasteiger partial charge in [0, 0.05) is 0 Å². The lowest BCUT2D eigenvalue weighted by atomic mass is 9.91. The molecule has 0 aliphatic heterocycles. The first-order valence-electron chi connectivity index (χ1n) is 7.58. The van der Waals surface area contributed by atoms with E-state index in [1.54, 1.807) is 0 Å². The SMILES string of the molecule is C=Cc1ccc(P)c(-c2c(PC)ccc3ccccc23)c1C=C. The van der Waals surface area contributed by atoms with E-state index in [-0.39, 0.29) is 0 Å². The molecule has 0 saturated heterocycles. The number of fused-ring (bicyclic) bond motifs is 1. The second-order valence-corrected chi connectivity index (χ2v) is 7.06. The standard InChI is InChI=1S/C21H20P2/c1-4-14-10-12-18(22)20(16(14)5-2)21-17-9-7-6-8-15(17)11-13-19(21)23-3/h4-13,23H,1-2,22H2,3H3. The van der Waals surface area contributed by atoms with Crippen molar-refractivity contribution in [2.24, 2.45) is 0 Å². The van der Waals surface area contributed by atoms with Gasteiger partial charge in [0.15, 0.2) is 0 Å². The average molecular weight is 334 g/mol. The van der Waals surface area contributed by atoms with Crippen LogP contribution < -0.4 is 10.6 Å². The van der Waals surface area contributed by atoms with Crippen LogP contribution in [0, 0.1) is 0 Å². The molecule has 0 aliphatic carbocycles. The maximum Gasteiger partial charge on any atom is -0.00187 e. The van der Waals surface area contributed by atoms with Crippen LogP contribution in [-0.4, -0.2) is 6.66 Å². The van der Waals surface area contributed by atoms with E-state index in [0.717, 1.165) is 19.7 Å². The van der Waals surface area contributed by atoms with Gasteiger partial charge in [-0.2, -0.15) is 0 Å². The van der Waals surface area contributed by atoms with Crippen LogP contribution in [0.15, 0.2) is 61.7 Å². The van der Waals surface area contributed by atoms with Crippen molar-refractivity contribution < 1.29 is 0 Å². The molecule has 0 saturated carbocycles. The van der Waals surface area contributed by atoms with E-state index in [1.807, 2.05) is 12.2 Å². The molecule has 0 bridgehead atoms. The lowest BCUT2D eigenvalue weighted by molar-refractivity contribution is 1.64. The van der Waals surface area contributed by atoms with Gasteiger partial charge >= 0.3 is 0 Å². The fourth-order valence-corrected chi connectivity index (χ4v) is 4.23. The first-order chi connectivity index (χ1) is 11.2. The minimum Gasteiger partial charge on any atom is -0.105 e. The van der Waals surface area contributed by atoms with Gasteiger partial charge in [-0.3, -0.25) is 0 Å². The molecule has 0 N–H and O–H groups in total. The van der Waals surface area contributed by atoms with Crippen LogP contribution in [-0.2, 0) is 0 Å². The Morgan fingerprint density at radius 3 is 2.39 bits per heavy atom. The Morgan fingerprint density at radius 1 is 0.913 bits per heavy atom. The molecule has 0 nitrogen and oxygen atoms in total. The molecule has 114 valence electrons. The van der Waals surface area contributed by atoms with Crippen LogP contribution in [0.2, 0.25) is 0 Å². The molecule has 0 spiro atoms. The summed E-state index contributed by atoms with van der Waals surface area (Å²) < 4.78 is 0. The molecule has 3 aromatic carbocycles. The van der Waals surface area contributed by atoms with E-state index in [4.69, 9.17) is 0 Å². The van der Waals surface area contributed by atoms with E-state index in [0.29, 0.717) is 0 Å². The Bertz CT molecular complexity index is 907. The molecule has 2 unspecified atom stereocenters. The van der Waals surface area contributed by atoms with Crippen LogP contribution >= 0.6 is 17.8 Å². The molecule has 0 aromatic heterocycles. The molecule has 0 fully saturated rings. The van der Waals surface area contributed by atoms with Gasteiger partial charge in [-0.25, -0.2) is 0 Å². The van der Waals surface area contributed by atoms with Crippen LogP contribution in [0.1, 0.15) is 11.1 Å². The maximum atomic E-state index is 4.05. The molecule has 3 aromatic rings. The third kappa shape index (κ3) is 2.78. The van der Waals surface area contributed by atoms with Crippen LogP contribution in [0.3, 0.4) is 0 Å². The fraction of sp³-hybridized carbons (Fsp3) is 0.0476. The van der Waals surface area contributed by atoms with Crippen molar-refractivity contribution in [1.29, 1.82) is 0 Å². The van der Waals surface area contributed by atoms with Gasteiger partial charge in [0.05, 0.1) is 0 Å². The van der Waals surface area contributed by atoms with E-state index in [1.165, 1.54) is 32.5 Å². The molecule has 0 amide bonds. The molecule has 3 rings (SSSR count). The summed E-state index contributed by atoms with van der Waals surface area (Å²) in [6.07, 6.45) is 3.86. The lowest BCUT2D eigenvalue weighted by Gasteiger charge is -2.18. The van der Waals surface area contributed by atoms with Gasteiger partial charge in [0.1, 0.15) is 0 Å². The normalized spacial score (nSPS) is 11.2. The molecule has 0 heterocycles. The largest absolute Gasteiger partial charge is 0.105 e. The van der Waals surface area contributed by atoms with E-state index >= 15 is 0 Å². The van der Waals surface area contributed by atoms with Crippen molar-refractivity contribution in [3.8, 4) is 11.1 Å². The van der Waals surface area contributed by atoms with Gasteiger partial charge in [0.25, 0.3) is 0 Å². The first kappa shape index (κ1) is 16.1. The van der Waals surface area contributed by atoms with Gasteiger partial charge in [-0.15, -0.1) is 9.24 Å². The number of benzene rings is 3. The predicted molar refractivity (Wildman–Crippen MR) is 113 cm³/mol. The Labute approximate surface area is 142 Å². The molecule has 23 heavy (non-hydrogen) atoms. The monoisotopic (exact) mass is 334 g/mol. The van der Waals surface area contributed by atoms with Gasteiger partial charge in [-0.05, 0) is 50.3 Å². The topological polar surface area (TPSA) is 0 Å². The average Bonchev–Trinajstić information content (AvgIpc) is 2.60. The van der Waals surface area contributed by atoms with Crippen LogP contribution in [0.4, 0.5) is 0 Å². The zero-order valence-electron chi connectivity index (χ0n) is 13.3. The van der Waals surface area contributed by atoms with Crippen molar-refractivity contribution in [3.05, 3.63) is 72.8 Å². The van der Waals surface area contributed by atoms with Crippen LogP contribution in [0.25, 0.3) is 34.1 Å². The molecule has 0 aliphatic rings. The number of rotatable bonds is 4. The van der Waals surface area contributed by atoms with Crippen molar-refractivity contribution in [2.75, 3.05) is 6.66 Å². The van der Waals surface area contributed by atoms with Gasteiger partial charge in [-0.1, -0.05) is 82.4 Å². The summed E-state index contributed by atoms with van der Waals surface area (Å²) in [5, 5.41) is 5.15. The van der Waals surface area contributed by atoms with Gasteiger partial charge in [0.2, 0.25) is 0 Å². The first-order valence-corrected chi connectivity index (χ1v) is 9.66. The molecular formula is C21H20P2. The quantitative estimate of drug-likeness (QED) is 0.573. The van der Waals surface area contributed by atoms with E-state index in [2.05, 4.69) is 77.6 Å². The summed E-state index contributed by atoms with van der Waals surface area (Å²) >= 11 is 0.